The van der Waals surface area contributed by atoms with Crippen LogP contribution in [0.5, 0.6) is 0 Å². The molecule has 0 unspecified atom stereocenters. The molecule has 4 heteroatoms. The van der Waals surface area contributed by atoms with Gasteiger partial charge in [0.2, 0.25) is 0 Å². The first kappa shape index (κ1) is 15.0. The number of hydrogen-bond acceptors (Lipinski definition) is 3. The molecular formula is C16H14N2O2. The van der Waals surface area contributed by atoms with Gasteiger partial charge in [-0.25, -0.2) is 4.79 Å². The van der Waals surface area contributed by atoms with Crippen LogP contribution in [0.3, 0.4) is 0 Å². The standard InChI is InChI=1S/C9H7N.C7H7NO2/c10-8-4-7-9-5-2-1-3-6-9;8-6-4-2-1-3-5(6)7(9)10/h1-7H;1-4H,8H2,(H,9,10). The van der Waals surface area contributed by atoms with Crippen LogP contribution in [0.15, 0.2) is 60.7 Å². The fourth-order valence-electron chi connectivity index (χ4n) is 1.39. The summed E-state index contributed by atoms with van der Waals surface area (Å²) in [4.78, 5) is 10.3. The lowest BCUT2D eigenvalue weighted by Crippen LogP contribution is -2.00. The summed E-state index contributed by atoms with van der Waals surface area (Å²) in [5, 5.41) is 16.7. The minimum atomic E-state index is -0.988. The normalized spacial score (nSPS) is 9.35. The van der Waals surface area contributed by atoms with E-state index in [0.29, 0.717) is 5.69 Å². The predicted octanol–water partition coefficient (Wildman–Crippen LogP) is 3.19. The largest absolute Gasteiger partial charge is 0.478 e. The lowest BCUT2D eigenvalue weighted by atomic mass is 10.2. The van der Waals surface area contributed by atoms with Crippen LogP contribution < -0.4 is 5.73 Å². The van der Waals surface area contributed by atoms with Crippen LogP contribution in [0.4, 0.5) is 5.69 Å². The van der Waals surface area contributed by atoms with Crippen LogP contribution in [0.1, 0.15) is 15.9 Å². The molecule has 0 radical (unpaired) electrons. The molecule has 0 aliphatic heterocycles. The van der Waals surface area contributed by atoms with Crippen molar-refractivity contribution in [2.45, 2.75) is 0 Å². The van der Waals surface area contributed by atoms with Gasteiger partial charge in [0.25, 0.3) is 0 Å². The van der Waals surface area contributed by atoms with Crippen molar-refractivity contribution in [2.24, 2.45) is 0 Å². The SMILES string of the molecule is N#CC=Cc1ccccc1.Nc1ccccc1C(=O)O. The Morgan fingerprint density at radius 2 is 1.70 bits per heavy atom. The third-order valence-electron chi connectivity index (χ3n) is 2.34. The van der Waals surface area contributed by atoms with Gasteiger partial charge in [-0.05, 0) is 23.8 Å². The summed E-state index contributed by atoms with van der Waals surface area (Å²) in [5.74, 6) is -0.988. The van der Waals surface area contributed by atoms with Gasteiger partial charge in [0.05, 0.1) is 11.6 Å². The molecule has 0 atom stereocenters. The topological polar surface area (TPSA) is 87.1 Å². The predicted molar refractivity (Wildman–Crippen MR) is 78.9 cm³/mol. The van der Waals surface area contributed by atoms with Gasteiger partial charge in [-0.3, -0.25) is 0 Å². The number of aromatic carboxylic acids is 1. The molecule has 2 aromatic rings. The highest BCUT2D eigenvalue weighted by molar-refractivity contribution is 5.93. The summed E-state index contributed by atoms with van der Waals surface area (Å²) in [6, 6.07) is 18.0. The molecule has 20 heavy (non-hydrogen) atoms. The molecule has 4 nitrogen and oxygen atoms in total. The van der Waals surface area contributed by atoms with E-state index in [1.807, 2.05) is 36.4 Å². The smallest absolute Gasteiger partial charge is 0.337 e. The quantitative estimate of drug-likeness (QED) is 0.645. The molecule has 0 saturated carbocycles. The number of carboxylic acids is 1. The molecule has 0 aliphatic rings. The fourth-order valence-corrected chi connectivity index (χ4v) is 1.39. The van der Waals surface area contributed by atoms with E-state index in [-0.39, 0.29) is 5.56 Å². The fraction of sp³-hybridized carbons (Fsp3) is 0. The maximum atomic E-state index is 10.3. The number of allylic oxidation sites excluding steroid dienone is 1. The Hall–Kier alpha value is -3.06. The van der Waals surface area contributed by atoms with Gasteiger partial charge in [0, 0.05) is 11.8 Å². The number of benzene rings is 2. The molecule has 3 N–H and O–H groups in total. The zero-order valence-electron chi connectivity index (χ0n) is 10.7. The number of hydrogen-bond donors (Lipinski definition) is 2. The highest BCUT2D eigenvalue weighted by Gasteiger charge is 2.03. The van der Waals surface area contributed by atoms with E-state index in [0.717, 1.165) is 5.56 Å². The maximum Gasteiger partial charge on any atom is 0.337 e. The van der Waals surface area contributed by atoms with Gasteiger partial charge in [-0.2, -0.15) is 5.26 Å². The first-order valence-corrected chi connectivity index (χ1v) is 5.84. The van der Waals surface area contributed by atoms with Gasteiger partial charge in [0.15, 0.2) is 0 Å². The number of carbonyl (C=O) groups is 1. The van der Waals surface area contributed by atoms with Crippen molar-refractivity contribution in [3.63, 3.8) is 0 Å². The summed E-state index contributed by atoms with van der Waals surface area (Å²) in [6.07, 6.45) is 3.25. The van der Waals surface area contributed by atoms with E-state index in [1.54, 1.807) is 24.3 Å². The molecular weight excluding hydrogens is 252 g/mol. The first-order valence-electron chi connectivity index (χ1n) is 5.84. The van der Waals surface area contributed by atoms with Crippen molar-refractivity contribution >= 4 is 17.7 Å². The van der Waals surface area contributed by atoms with Crippen molar-refractivity contribution in [3.05, 3.63) is 71.8 Å². The third kappa shape index (κ3) is 5.07. The monoisotopic (exact) mass is 266 g/mol. The van der Waals surface area contributed by atoms with E-state index < -0.39 is 5.97 Å². The van der Waals surface area contributed by atoms with Gasteiger partial charge >= 0.3 is 5.97 Å². The molecule has 100 valence electrons. The highest BCUT2D eigenvalue weighted by Crippen LogP contribution is 2.09. The van der Waals surface area contributed by atoms with Crippen LogP contribution >= 0.6 is 0 Å². The summed E-state index contributed by atoms with van der Waals surface area (Å²) in [7, 11) is 0. The summed E-state index contributed by atoms with van der Waals surface area (Å²) in [6.45, 7) is 0. The second-order valence-corrected chi connectivity index (χ2v) is 3.77. The van der Waals surface area contributed by atoms with E-state index >= 15 is 0 Å². The molecule has 2 rings (SSSR count). The summed E-state index contributed by atoms with van der Waals surface area (Å²) in [5.41, 5.74) is 6.86. The molecule has 0 saturated heterocycles. The Kier molecular flexibility index (Phi) is 6.09. The van der Waals surface area contributed by atoms with Crippen molar-refractivity contribution in [3.8, 4) is 6.07 Å². The van der Waals surface area contributed by atoms with Gasteiger partial charge in [-0.1, -0.05) is 42.5 Å². The van der Waals surface area contributed by atoms with Crippen LogP contribution in [0.2, 0.25) is 0 Å². The summed E-state index contributed by atoms with van der Waals surface area (Å²) < 4.78 is 0. The molecule has 0 fully saturated rings. The first-order chi connectivity index (χ1) is 9.65. The maximum absolute atomic E-state index is 10.3. The molecule has 0 amide bonds. The van der Waals surface area contributed by atoms with Crippen LogP contribution in [-0.4, -0.2) is 11.1 Å². The van der Waals surface area contributed by atoms with Crippen molar-refractivity contribution in [1.29, 1.82) is 5.26 Å². The van der Waals surface area contributed by atoms with Crippen molar-refractivity contribution < 1.29 is 9.90 Å². The lowest BCUT2D eigenvalue weighted by Gasteiger charge is -1.96. The Morgan fingerprint density at radius 1 is 1.10 bits per heavy atom. The zero-order valence-corrected chi connectivity index (χ0v) is 10.7. The van der Waals surface area contributed by atoms with Crippen LogP contribution in [0, 0.1) is 11.3 Å². The van der Waals surface area contributed by atoms with E-state index in [4.69, 9.17) is 16.1 Å². The zero-order chi connectivity index (χ0) is 14.8. The van der Waals surface area contributed by atoms with E-state index in [1.165, 1.54) is 12.1 Å². The Bertz CT molecular complexity index is 628. The average molecular weight is 266 g/mol. The molecule has 2 aromatic carbocycles. The third-order valence-corrected chi connectivity index (χ3v) is 2.34. The molecule has 0 spiro atoms. The molecule has 0 bridgehead atoms. The van der Waals surface area contributed by atoms with Gasteiger partial charge in [-0.15, -0.1) is 0 Å². The number of carboxylic acid groups (broad SMARTS) is 1. The van der Waals surface area contributed by atoms with E-state index in [2.05, 4.69) is 0 Å². The number of nitriles is 1. The molecule has 0 aliphatic carbocycles. The molecule has 0 heterocycles. The van der Waals surface area contributed by atoms with Crippen LogP contribution in [0.25, 0.3) is 6.08 Å². The number of nitrogens with zero attached hydrogens (tertiary/aromatic N) is 1. The highest BCUT2D eigenvalue weighted by atomic mass is 16.4. The Balaban J connectivity index is 0.000000200. The average Bonchev–Trinajstić information content (AvgIpc) is 2.47. The number of nitrogen functional groups attached to an aromatic ring is 1. The minimum Gasteiger partial charge on any atom is -0.478 e. The van der Waals surface area contributed by atoms with Crippen molar-refractivity contribution in [2.75, 3.05) is 5.73 Å². The minimum absolute atomic E-state index is 0.155. The second-order valence-electron chi connectivity index (χ2n) is 3.77. The lowest BCUT2D eigenvalue weighted by molar-refractivity contribution is 0.0698. The number of rotatable bonds is 2. The van der Waals surface area contributed by atoms with Gasteiger partial charge in [0.1, 0.15) is 0 Å². The number of nitrogens with two attached hydrogens (primary N) is 1. The number of para-hydroxylation sites is 1. The Labute approximate surface area is 117 Å². The van der Waals surface area contributed by atoms with E-state index in [9.17, 15) is 4.79 Å². The van der Waals surface area contributed by atoms with Crippen molar-refractivity contribution in [1.82, 2.24) is 0 Å². The van der Waals surface area contributed by atoms with Gasteiger partial charge < -0.3 is 10.8 Å². The number of anilines is 1. The summed E-state index contributed by atoms with van der Waals surface area (Å²) >= 11 is 0. The second kappa shape index (κ2) is 8.11. The Morgan fingerprint density at radius 3 is 2.20 bits per heavy atom. The molecule has 0 aromatic heterocycles. The van der Waals surface area contributed by atoms with Crippen LogP contribution in [-0.2, 0) is 0 Å².